The summed E-state index contributed by atoms with van der Waals surface area (Å²) in [6.07, 6.45) is 7.12. The standard InChI is InChI=1S/C14H26N2O/c1-4-11-16(12-5-2)14(17)8-7-13(6-3)9-10-15/h4-5,13H,1-2,6-12,15H2,3H3. The van der Waals surface area contributed by atoms with Crippen molar-refractivity contribution in [3.8, 4) is 0 Å². The summed E-state index contributed by atoms with van der Waals surface area (Å²) in [6, 6.07) is 0. The van der Waals surface area contributed by atoms with E-state index in [9.17, 15) is 4.79 Å². The molecule has 98 valence electrons. The smallest absolute Gasteiger partial charge is 0.223 e. The summed E-state index contributed by atoms with van der Waals surface area (Å²) in [4.78, 5) is 13.7. The van der Waals surface area contributed by atoms with Crippen LogP contribution in [0.3, 0.4) is 0 Å². The molecule has 0 rings (SSSR count). The van der Waals surface area contributed by atoms with Gasteiger partial charge in [-0.05, 0) is 25.3 Å². The van der Waals surface area contributed by atoms with Crippen LogP contribution in [-0.4, -0.2) is 30.4 Å². The molecule has 1 atom stereocenters. The van der Waals surface area contributed by atoms with Crippen molar-refractivity contribution >= 4 is 5.91 Å². The van der Waals surface area contributed by atoms with E-state index in [0.29, 0.717) is 32.0 Å². The Balaban J connectivity index is 4.10. The van der Waals surface area contributed by atoms with E-state index in [1.807, 2.05) is 0 Å². The maximum atomic E-state index is 11.9. The Morgan fingerprint density at radius 3 is 2.29 bits per heavy atom. The van der Waals surface area contributed by atoms with E-state index in [1.165, 1.54) is 0 Å². The summed E-state index contributed by atoms with van der Waals surface area (Å²) < 4.78 is 0. The molecule has 0 aromatic rings. The van der Waals surface area contributed by atoms with E-state index >= 15 is 0 Å². The third-order valence-electron chi connectivity index (χ3n) is 2.97. The molecule has 17 heavy (non-hydrogen) atoms. The lowest BCUT2D eigenvalue weighted by Gasteiger charge is -2.21. The van der Waals surface area contributed by atoms with Gasteiger partial charge in [0, 0.05) is 19.5 Å². The summed E-state index contributed by atoms with van der Waals surface area (Å²) in [6.45, 7) is 11.4. The molecular formula is C14H26N2O. The first kappa shape index (κ1) is 15.9. The first-order valence-corrected chi connectivity index (χ1v) is 6.39. The van der Waals surface area contributed by atoms with Crippen LogP contribution in [0.5, 0.6) is 0 Å². The molecule has 0 bridgehead atoms. The number of carbonyl (C=O) groups is 1. The zero-order valence-corrected chi connectivity index (χ0v) is 11.0. The lowest BCUT2D eigenvalue weighted by atomic mass is 9.96. The molecule has 0 aromatic heterocycles. The molecule has 0 saturated heterocycles. The largest absolute Gasteiger partial charge is 0.335 e. The highest BCUT2D eigenvalue weighted by Gasteiger charge is 2.13. The van der Waals surface area contributed by atoms with Gasteiger partial charge in [-0.1, -0.05) is 25.5 Å². The molecule has 0 radical (unpaired) electrons. The number of carbonyl (C=O) groups excluding carboxylic acids is 1. The van der Waals surface area contributed by atoms with E-state index < -0.39 is 0 Å². The molecule has 2 N–H and O–H groups in total. The number of rotatable bonds is 10. The Hall–Kier alpha value is -1.09. The second-order valence-electron chi connectivity index (χ2n) is 4.27. The molecule has 0 heterocycles. The van der Waals surface area contributed by atoms with Crippen molar-refractivity contribution in [1.29, 1.82) is 0 Å². The Kier molecular flexibility index (Phi) is 9.44. The van der Waals surface area contributed by atoms with Crippen molar-refractivity contribution in [3.63, 3.8) is 0 Å². The minimum absolute atomic E-state index is 0.181. The number of amides is 1. The summed E-state index contributed by atoms with van der Waals surface area (Å²) in [5, 5.41) is 0. The van der Waals surface area contributed by atoms with Crippen molar-refractivity contribution < 1.29 is 4.79 Å². The van der Waals surface area contributed by atoms with Gasteiger partial charge < -0.3 is 10.6 Å². The fourth-order valence-electron chi connectivity index (χ4n) is 1.86. The lowest BCUT2D eigenvalue weighted by Crippen LogP contribution is -2.31. The first-order valence-electron chi connectivity index (χ1n) is 6.39. The van der Waals surface area contributed by atoms with E-state index in [2.05, 4.69) is 20.1 Å². The highest BCUT2D eigenvalue weighted by Crippen LogP contribution is 2.15. The molecule has 0 aliphatic heterocycles. The predicted molar refractivity (Wildman–Crippen MR) is 73.7 cm³/mol. The van der Waals surface area contributed by atoms with Crippen LogP contribution in [0.25, 0.3) is 0 Å². The van der Waals surface area contributed by atoms with Gasteiger partial charge in [0.05, 0.1) is 0 Å². The third kappa shape index (κ3) is 6.95. The summed E-state index contributed by atoms with van der Waals surface area (Å²) >= 11 is 0. The Morgan fingerprint density at radius 2 is 1.88 bits per heavy atom. The van der Waals surface area contributed by atoms with E-state index in [-0.39, 0.29) is 5.91 Å². The predicted octanol–water partition coefficient (Wildman–Crippen LogP) is 2.34. The van der Waals surface area contributed by atoms with Crippen molar-refractivity contribution in [2.75, 3.05) is 19.6 Å². The number of hydrogen-bond acceptors (Lipinski definition) is 2. The van der Waals surface area contributed by atoms with Gasteiger partial charge in [0.15, 0.2) is 0 Å². The fourth-order valence-corrected chi connectivity index (χ4v) is 1.86. The van der Waals surface area contributed by atoms with Crippen molar-refractivity contribution in [2.24, 2.45) is 11.7 Å². The summed E-state index contributed by atoms with van der Waals surface area (Å²) in [5.74, 6) is 0.749. The van der Waals surface area contributed by atoms with Crippen molar-refractivity contribution in [3.05, 3.63) is 25.3 Å². The Morgan fingerprint density at radius 1 is 1.29 bits per heavy atom. The van der Waals surface area contributed by atoms with E-state index in [0.717, 1.165) is 19.3 Å². The molecule has 0 aliphatic rings. The lowest BCUT2D eigenvalue weighted by molar-refractivity contribution is -0.130. The number of nitrogens with two attached hydrogens (primary N) is 1. The van der Waals surface area contributed by atoms with Gasteiger partial charge in [-0.2, -0.15) is 0 Å². The Bertz CT molecular complexity index is 228. The van der Waals surface area contributed by atoms with Gasteiger partial charge in [0.25, 0.3) is 0 Å². The average Bonchev–Trinajstić information content (AvgIpc) is 2.33. The van der Waals surface area contributed by atoms with Crippen LogP contribution in [0.15, 0.2) is 25.3 Å². The minimum Gasteiger partial charge on any atom is -0.335 e. The van der Waals surface area contributed by atoms with Crippen LogP contribution in [0, 0.1) is 5.92 Å². The molecule has 3 nitrogen and oxygen atoms in total. The maximum Gasteiger partial charge on any atom is 0.223 e. The number of hydrogen-bond donors (Lipinski definition) is 1. The van der Waals surface area contributed by atoms with Gasteiger partial charge in [-0.3, -0.25) is 4.79 Å². The van der Waals surface area contributed by atoms with Crippen LogP contribution in [0.4, 0.5) is 0 Å². The SMILES string of the molecule is C=CCN(CC=C)C(=O)CCC(CC)CCN. The summed E-state index contributed by atoms with van der Waals surface area (Å²) in [7, 11) is 0. The number of nitrogens with zero attached hydrogens (tertiary/aromatic N) is 1. The van der Waals surface area contributed by atoms with Gasteiger partial charge in [-0.25, -0.2) is 0 Å². The summed E-state index contributed by atoms with van der Waals surface area (Å²) in [5.41, 5.74) is 5.54. The minimum atomic E-state index is 0.181. The van der Waals surface area contributed by atoms with Gasteiger partial charge >= 0.3 is 0 Å². The van der Waals surface area contributed by atoms with Gasteiger partial charge in [-0.15, -0.1) is 13.2 Å². The Labute approximate surface area is 105 Å². The van der Waals surface area contributed by atoms with Crippen molar-refractivity contribution in [1.82, 2.24) is 4.90 Å². The second-order valence-corrected chi connectivity index (χ2v) is 4.27. The molecule has 0 aliphatic carbocycles. The molecule has 0 aromatic carbocycles. The second kappa shape index (κ2) is 10.1. The highest BCUT2D eigenvalue weighted by atomic mass is 16.2. The highest BCUT2D eigenvalue weighted by molar-refractivity contribution is 5.76. The molecule has 3 heteroatoms. The van der Waals surface area contributed by atoms with Crippen LogP contribution in [0.1, 0.15) is 32.6 Å². The first-order chi connectivity index (χ1) is 8.19. The quantitative estimate of drug-likeness (QED) is 0.594. The molecular weight excluding hydrogens is 212 g/mol. The van der Waals surface area contributed by atoms with E-state index in [4.69, 9.17) is 5.73 Å². The molecule has 1 unspecified atom stereocenters. The molecule has 1 amide bonds. The maximum absolute atomic E-state index is 11.9. The van der Waals surface area contributed by atoms with Gasteiger partial charge in [0.1, 0.15) is 0 Å². The topological polar surface area (TPSA) is 46.3 Å². The molecule has 0 spiro atoms. The van der Waals surface area contributed by atoms with E-state index in [1.54, 1.807) is 17.1 Å². The van der Waals surface area contributed by atoms with Crippen LogP contribution in [0.2, 0.25) is 0 Å². The monoisotopic (exact) mass is 238 g/mol. The zero-order valence-electron chi connectivity index (χ0n) is 11.0. The average molecular weight is 238 g/mol. The third-order valence-corrected chi connectivity index (χ3v) is 2.97. The fraction of sp³-hybridized carbons (Fsp3) is 0.643. The van der Waals surface area contributed by atoms with Gasteiger partial charge in [0.2, 0.25) is 5.91 Å². The van der Waals surface area contributed by atoms with Crippen LogP contribution in [-0.2, 0) is 4.79 Å². The molecule has 0 fully saturated rings. The zero-order chi connectivity index (χ0) is 13.1. The normalized spacial score (nSPS) is 11.9. The van der Waals surface area contributed by atoms with Crippen LogP contribution >= 0.6 is 0 Å². The van der Waals surface area contributed by atoms with Crippen molar-refractivity contribution in [2.45, 2.75) is 32.6 Å². The molecule has 0 saturated carbocycles. The van der Waals surface area contributed by atoms with Crippen LogP contribution < -0.4 is 5.73 Å².